The minimum atomic E-state index is -1.09. The van der Waals surface area contributed by atoms with Crippen molar-refractivity contribution in [3.8, 4) is 16.9 Å². The number of hydrogen-bond acceptors (Lipinski definition) is 4. The maximum atomic E-state index is 11.0. The number of carbonyl (C=O) groups is 1. The van der Waals surface area contributed by atoms with E-state index < -0.39 is 5.97 Å². The Hall–Kier alpha value is -3.41. The molecule has 0 aliphatic heterocycles. The number of fused-ring (bicyclic) bond motifs is 1. The summed E-state index contributed by atoms with van der Waals surface area (Å²) in [7, 11) is 0. The molecule has 23 heavy (non-hydrogen) atoms. The summed E-state index contributed by atoms with van der Waals surface area (Å²) < 4.78 is 5.31. The number of rotatable bonds is 3. The fourth-order valence-electron chi connectivity index (χ4n) is 2.38. The van der Waals surface area contributed by atoms with Gasteiger partial charge in [0.2, 0.25) is 5.76 Å². The third kappa shape index (κ3) is 2.36. The molecule has 4 aromatic rings. The van der Waals surface area contributed by atoms with Crippen LogP contribution in [0.3, 0.4) is 0 Å². The predicted molar refractivity (Wildman–Crippen MR) is 83.5 cm³/mol. The molecular formula is C17H11N3O3. The van der Waals surface area contributed by atoms with Crippen LogP contribution in [-0.2, 0) is 0 Å². The lowest BCUT2D eigenvalue weighted by atomic mass is 10.2. The molecule has 0 radical (unpaired) electrons. The molecule has 6 nitrogen and oxygen atoms in total. The van der Waals surface area contributed by atoms with Gasteiger partial charge in [0.05, 0.1) is 11.9 Å². The summed E-state index contributed by atoms with van der Waals surface area (Å²) in [4.78, 5) is 12.5. The highest BCUT2D eigenvalue weighted by atomic mass is 16.4. The number of carboxylic acid groups (broad SMARTS) is 1. The minimum absolute atomic E-state index is 0.0875. The summed E-state index contributed by atoms with van der Waals surface area (Å²) in [5.74, 6) is -1.18. The van der Waals surface area contributed by atoms with E-state index in [0.717, 1.165) is 16.6 Å². The number of hydrogen-bond donors (Lipinski definition) is 1. The van der Waals surface area contributed by atoms with Crippen LogP contribution in [0.4, 0.5) is 0 Å². The average Bonchev–Trinajstić information content (AvgIpc) is 3.22. The van der Waals surface area contributed by atoms with Crippen molar-refractivity contribution in [2.45, 2.75) is 0 Å². The van der Waals surface area contributed by atoms with E-state index in [4.69, 9.17) is 9.52 Å². The number of benzene rings is 2. The van der Waals surface area contributed by atoms with Crippen LogP contribution in [0.2, 0.25) is 0 Å². The van der Waals surface area contributed by atoms with Gasteiger partial charge < -0.3 is 9.52 Å². The van der Waals surface area contributed by atoms with E-state index in [-0.39, 0.29) is 5.76 Å². The lowest BCUT2D eigenvalue weighted by Crippen LogP contribution is -1.98. The first-order valence-electron chi connectivity index (χ1n) is 6.96. The Morgan fingerprint density at radius 3 is 2.70 bits per heavy atom. The molecule has 0 amide bonds. The van der Waals surface area contributed by atoms with Crippen molar-refractivity contribution in [3.05, 3.63) is 66.6 Å². The Morgan fingerprint density at radius 2 is 1.91 bits per heavy atom. The van der Waals surface area contributed by atoms with Crippen LogP contribution in [0, 0.1) is 0 Å². The summed E-state index contributed by atoms with van der Waals surface area (Å²) in [5, 5.41) is 18.4. The first-order chi connectivity index (χ1) is 11.2. The second-order valence-corrected chi connectivity index (χ2v) is 5.02. The highest BCUT2D eigenvalue weighted by Gasteiger charge is 2.12. The van der Waals surface area contributed by atoms with Gasteiger partial charge in [-0.2, -0.15) is 9.90 Å². The Bertz CT molecular complexity index is 1000. The third-order valence-electron chi connectivity index (χ3n) is 3.51. The van der Waals surface area contributed by atoms with Crippen molar-refractivity contribution < 1.29 is 14.3 Å². The number of carboxylic acids is 1. The molecule has 112 valence electrons. The number of aromatic nitrogens is 3. The second-order valence-electron chi connectivity index (χ2n) is 5.02. The van der Waals surface area contributed by atoms with E-state index >= 15 is 0 Å². The number of furan rings is 1. The summed E-state index contributed by atoms with van der Waals surface area (Å²) in [5.41, 5.74) is 2.92. The molecule has 0 aliphatic carbocycles. The van der Waals surface area contributed by atoms with Gasteiger partial charge in [-0.05, 0) is 18.2 Å². The molecule has 2 aromatic carbocycles. The van der Waals surface area contributed by atoms with Crippen LogP contribution in [0.15, 0.2) is 65.2 Å². The highest BCUT2D eigenvalue weighted by molar-refractivity contribution is 5.91. The monoisotopic (exact) mass is 305 g/mol. The zero-order chi connectivity index (χ0) is 15.8. The SMILES string of the molecule is O=C(O)c1cc2ccc(-n3ncc(-c4ccccc4)n3)cc2o1. The maximum absolute atomic E-state index is 11.0. The second kappa shape index (κ2) is 5.10. The van der Waals surface area contributed by atoms with Crippen molar-refractivity contribution in [2.75, 3.05) is 0 Å². The molecule has 1 N–H and O–H groups in total. The molecule has 0 spiro atoms. The zero-order valence-corrected chi connectivity index (χ0v) is 11.9. The van der Waals surface area contributed by atoms with Gasteiger partial charge in [-0.1, -0.05) is 30.3 Å². The smallest absolute Gasteiger partial charge is 0.371 e. The van der Waals surface area contributed by atoms with Gasteiger partial charge in [0, 0.05) is 17.0 Å². The Kier molecular flexibility index (Phi) is 2.94. The molecule has 0 saturated carbocycles. The molecule has 0 aliphatic rings. The van der Waals surface area contributed by atoms with E-state index in [1.165, 1.54) is 10.9 Å². The normalized spacial score (nSPS) is 11.0. The van der Waals surface area contributed by atoms with Crippen molar-refractivity contribution in [2.24, 2.45) is 0 Å². The van der Waals surface area contributed by atoms with E-state index in [2.05, 4.69) is 10.2 Å². The van der Waals surface area contributed by atoms with Gasteiger partial charge >= 0.3 is 5.97 Å². The van der Waals surface area contributed by atoms with Crippen molar-refractivity contribution >= 4 is 16.9 Å². The average molecular weight is 305 g/mol. The summed E-state index contributed by atoms with van der Waals surface area (Å²) >= 11 is 0. The molecule has 4 rings (SSSR count). The van der Waals surface area contributed by atoms with Gasteiger partial charge in [-0.15, -0.1) is 5.10 Å². The van der Waals surface area contributed by atoms with E-state index in [0.29, 0.717) is 11.3 Å². The summed E-state index contributed by atoms with van der Waals surface area (Å²) in [6.45, 7) is 0. The zero-order valence-electron chi connectivity index (χ0n) is 11.9. The van der Waals surface area contributed by atoms with E-state index in [1.807, 2.05) is 36.4 Å². The minimum Gasteiger partial charge on any atom is -0.475 e. The van der Waals surface area contributed by atoms with Gasteiger partial charge in [-0.3, -0.25) is 0 Å². The summed E-state index contributed by atoms with van der Waals surface area (Å²) in [6.07, 6.45) is 1.68. The standard InChI is InChI=1S/C17H11N3O3/c21-17(22)16-8-12-6-7-13(9-15(12)23-16)20-18-10-14(19-20)11-4-2-1-3-5-11/h1-10H,(H,21,22). The maximum Gasteiger partial charge on any atom is 0.371 e. The van der Waals surface area contributed by atoms with Crippen LogP contribution >= 0.6 is 0 Å². The Labute approximate surface area is 130 Å². The van der Waals surface area contributed by atoms with Crippen LogP contribution in [0.5, 0.6) is 0 Å². The fourth-order valence-corrected chi connectivity index (χ4v) is 2.38. The predicted octanol–water partition coefficient (Wildman–Crippen LogP) is 3.38. The topological polar surface area (TPSA) is 81.1 Å². The van der Waals surface area contributed by atoms with Gasteiger partial charge in [0.15, 0.2) is 0 Å². The van der Waals surface area contributed by atoms with E-state index in [9.17, 15) is 4.79 Å². The molecule has 6 heteroatoms. The Balaban J connectivity index is 1.74. The van der Waals surface area contributed by atoms with Crippen LogP contribution in [0.25, 0.3) is 27.9 Å². The quantitative estimate of drug-likeness (QED) is 0.627. The molecule has 0 bridgehead atoms. The molecule has 2 aromatic heterocycles. The first kappa shape index (κ1) is 13.3. The number of nitrogens with zero attached hydrogens (tertiary/aromatic N) is 3. The van der Waals surface area contributed by atoms with E-state index in [1.54, 1.807) is 18.3 Å². The van der Waals surface area contributed by atoms with Gasteiger partial charge in [0.1, 0.15) is 11.3 Å². The number of aromatic carboxylic acids is 1. The van der Waals surface area contributed by atoms with Crippen molar-refractivity contribution in [1.82, 2.24) is 15.0 Å². The molecule has 0 fully saturated rings. The lowest BCUT2D eigenvalue weighted by molar-refractivity contribution is 0.0665. The van der Waals surface area contributed by atoms with Crippen LogP contribution < -0.4 is 0 Å². The van der Waals surface area contributed by atoms with Crippen LogP contribution in [-0.4, -0.2) is 26.1 Å². The molecular weight excluding hydrogens is 294 g/mol. The van der Waals surface area contributed by atoms with Crippen molar-refractivity contribution in [3.63, 3.8) is 0 Å². The van der Waals surface area contributed by atoms with Gasteiger partial charge in [0.25, 0.3) is 0 Å². The van der Waals surface area contributed by atoms with Gasteiger partial charge in [-0.25, -0.2) is 4.79 Å². The first-order valence-corrected chi connectivity index (χ1v) is 6.96. The molecule has 0 unspecified atom stereocenters. The highest BCUT2D eigenvalue weighted by Crippen LogP contribution is 2.23. The Morgan fingerprint density at radius 1 is 1.09 bits per heavy atom. The third-order valence-corrected chi connectivity index (χ3v) is 3.51. The molecule has 0 saturated heterocycles. The van der Waals surface area contributed by atoms with Crippen molar-refractivity contribution in [1.29, 1.82) is 0 Å². The largest absolute Gasteiger partial charge is 0.475 e. The van der Waals surface area contributed by atoms with Crippen LogP contribution in [0.1, 0.15) is 10.6 Å². The fraction of sp³-hybridized carbons (Fsp3) is 0. The summed E-state index contributed by atoms with van der Waals surface area (Å²) in [6, 6.07) is 16.6. The molecule has 0 atom stereocenters. The lowest BCUT2D eigenvalue weighted by Gasteiger charge is -1.99. The molecule has 2 heterocycles.